The molecule has 51 heavy (non-hydrogen) atoms. The standard InChI is InChI=1S/C35H36N2O14/c1-34(2,16-46-28(40)21-7-5-20(6-8-21)27(38)39)17-47-29(41)22-9-11-23(12-10-22)30(42)48-18-35(3,4)19-49-32(44)25-14-13-24(31(43)50-36)15-26(25)33(45)51-37/h5-15H,16-19,36-37H2,1-4H3,(H,38,39). The Balaban J connectivity index is 1.49. The minimum Gasteiger partial charge on any atom is -0.478 e. The lowest BCUT2D eigenvalue weighted by Gasteiger charge is -2.24. The molecule has 3 aromatic rings. The number of rotatable bonds is 15. The van der Waals surface area contributed by atoms with Gasteiger partial charge < -0.3 is 33.7 Å². The summed E-state index contributed by atoms with van der Waals surface area (Å²) in [7, 11) is 0. The summed E-state index contributed by atoms with van der Waals surface area (Å²) in [6, 6.07) is 14.1. The number of carboxylic acid groups (broad SMARTS) is 1. The Morgan fingerprint density at radius 3 is 1.16 bits per heavy atom. The maximum Gasteiger partial charge on any atom is 0.357 e. The lowest BCUT2D eigenvalue weighted by Crippen LogP contribution is -2.29. The molecular weight excluding hydrogens is 672 g/mol. The summed E-state index contributed by atoms with van der Waals surface area (Å²) in [6.45, 7) is 6.12. The predicted octanol–water partition coefficient (Wildman–Crippen LogP) is 3.53. The molecule has 5 N–H and O–H groups in total. The zero-order chi connectivity index (χ0) is 37.9. The molecule has 0 amide bonds. The van der Waals surface area contributed by atoms with E-state index < -0.39 is 52.6 Å². The Bertz CT molecular complexity index is 1800. The molecular formula is C35H36N2O14. The van der Waals surface area contributed by atoms with E-state index >= 15 is 0 Å². The van der Waals surface area contributed by atoms with E-state index in [-0.39, 0.29) is 65.4 Å². The van der Waals surface area contributed by atoms with Gasteiger partial charge in [-0.05, 0) is 66.7 Å². The first-order valence-electron chi connectivity index (χ1n) is 15.0. The molecule has 0 fully saturated rings. The number of esters is 4. The van der Waals surface area contributed by atoms with E-state index in [0.717, 1.165) is 12.1 Å². The van der Waals surface area contributed by atoms with Crippen molar-refractivity contribution in [1.82, 2.24) is 0 Å². The summed E-state index contributed by atoms with van der Waals surface area (Å²) >= 11 is 0. The second-order valence-electron chi connectivity index (χ2n) is 12.7. The molecule has 0 bridgehead atoms. The van der Waals surface area contributed by atoms with Crippen molar-refractivity contribution < 1.29 is 67.3 Å². The highest BCUT2D eigenvalue weighted by Gasteiger charge is 2.28. The van der Waals surface area contributed by atoms with Crippen molar-refractivity contribution in [3.8, 4) is 0 Å². The average Bonchev–Trinajstić information content (AvgIpc) is 3.13. The van der Waals surface area contributed by atoms with Crippen molar-refractivity contribution in [3.05, 3.63) is 106 Å². The molecule has 0 aliphatic heterocycles. The molecule has 0 spiro atoms. The first kappa shape index (κ1) is 39.3. The number of hydrogen-bond acceptors (Lipinski definition) is 15. The molecule has 0 aliphatic rings. The number of ether oxygens (including phenoxy) is 4. The number of aromatic carboxylic acids is 1. The van der Waals surface area contributed by atoms with Gasteiger partial charge in [0.05, 0.1) is 65.4 Å². The van der Waals surface area contributed by atoms with Crippen LogP contribution >= 0.6 is 0 Å². The van der Waals surface area contributed by atoms with Crippen LogP contribution < -0.4 is 11.8 Å². The molecule has 0 saturated carbocycles. The van der Waals surface area contributed by atoms with Gasteiger partial charge in [0.15, 0.2) is 0 Å². The van der Waals surface area contributed by atoms with E-state index in [1.165, 1.54) is 54.6 Å². The summed E-state index contributed by atoms with van der Waals surface area (Å²) in [5.74, 6) is 3.59. The largest absolute Gasteiger partial charge is 0.478 e. The van der Waals surface area contributed by atoms with E-state index in [2.05, 4.69) is 9.68 Å². The van der Waals surface area contributed by atoms with E-state index in [4.69, 9.17) is 35.8 Å². The van der Waals surface area contributed by atoms with Crippen LogP contribution in [0.2, 0.25) is 0 Å². The van der Waals surface area contributed by atoms with Gasteiger partial charge in [0.25, 0.3) is 0 Å². The van der Waals surface area contributed by atoms with Gasteiger partial charge in [0.2, 0.25) is 0 Å². The molecule has 0 saturated heterocycles. The van der Waals surface area contributed by atoms with Gasteiger partial charge in [-0.3, -0.25) is 0 Å². The number of carboxylic acids is 1. The van der Waals surface area contributed by atoms with E-state index in [0.29, 0.717) is 0 Å². The molecule has 16 heteroatoms. The molecule has 3 aromatic carbocycles. The van der Waals surface area contributed by atoms with Crippen molar-refractivity contribution in [2.45, 2.75) is 27.7 Å². The maximum atomic E-state index is 12.8. The van der Waals surface area contributed by atoms with Crippen LogP contribution in [0.3, 0.4) is 0 Å². The van der Waals surface area contributed by atoms with Crippen LogP contribution in [0.4, 0.5) is 0 Å². The molecule has 3 rings (SSSR count). The second-order valence-corrected chi connectivity index (χ2v) is 12.7. The summed E-state index contributed by atoms with van der Waals surface area (Å²) in [5.41, 5.74) is -1.94. The number of carbonyl (C=O) groups is 7. The number of benzene rings is 3. The van der Waals surface area contributed by atoms with Crippen LogP contribution in [0.25, 0.3) is 0 Å². The normalized spacial score (nSPS) is 11.1. The highest BCUT2D eigenvalue weighted by molar-refractivity contribution is 6.05. The summed E-state index contributed by atoms with van der Waals surface area (Å²) in [4.78, 5) is 93.6. The minimum atomic E-state index is -1.12. The van der Waals surface area contributed by atoms with E-state index in [9.17, 15) is 33.6 Å². The Kier molecular flexibility index (Phi) is 13.1. The zero-order valence-corrected chi connectivity index (χ0v) is 28.1. The fourth-order valence-electron chi connectivity index (χ4n) is 4.10. The monoisotopic (exact) mass is 708 g/mol. The van der Waals surface area contributed by atoms with Gasteiger partial charge in [-0.15, -0.1) is 0 Å². The third-order valence-corrected chi connectivity index (χ3v) is 7.01. The number of carbonyl (C=O) groups excluding carboxylic acids is 6. The molecule has 0 radical (unpaired) electrons. The maximum absolute atomic E-state index is 12.8. The molecule has 0 unspecified atom stereocenters. The van der Waals surface area contributed by atoms with Crippen LogP contribution in [-0.4, -0.2) is 73.3 Å². The fraction of sp³-hybridized carbons (Fsp3) is 0.286. The Labute approximate surface area is 291 Å². The van der Waals surface area contributed by atoms with Crippen LogP contribution in [0.15, 0.2) is 66.7 Å². The van der Waals surface area contributed by atoms with Gasteiger partial charge in [0, 0.05) is 10.8 Å². The van der Waals surface area contributed by atoms with Gasteiger partial charge in [0.1, 0.15) is 0 Å². The SMILES string of the molecule is CC(C)(COC(=O)c1ccc(C(=O)O)cc1)COC(=O)c1ccc(C(=O)OCC(C)(C)COC(=O)c2ccc(C(=O)ON)cc2C(=O)ON)cc1. The number of nitrogens with two attached hydrogens (primary N) is 2. The highest BCUT2D eigenvalue weighted by atomic mass is 16.7. The van der Waals surface area contributed by atoms with Crippen molar-refractivity contribution in [2.24, 2.45) is 22.6 Å². The van der Waals surface area contributed by atoms with Crippen molar-refractivity contribution in [2.75, 3.05) is 26.4 Å². The predicted molar refractivity (Wildman–Crippen MR) is 174 cm³/mol. The van der Waals surface area contributed by atoms with Gasteiger partial charge in [-0.25, -0.2) is 33.6 Å². The van der Waals surface area contributed by atoms with E-state index in [1.807, 2.05) is 0 Å². The molecule has 270 valence electrons. The first-order valence-corrected chi connectivity index (χ1v) is 15.0. The molecule has 0 aliphatic carbocycles. The number of hydrogen-bond donors (Lipinski definition) is 3. The van der Waals surface area contributed by atoms with Crippen LogP contribution in [-0.2, 0) is 28.6 Å². The van der Waals surface area contributed by atoms with Gasteiger partial charge >= 0.3 is 41.8 Å². The lowest BCUT2D eigenvalue weighted by atomic mass is 9.96. The molecule has 0 atom stereocenters. The molecule has 0 aromatic heterocycles. The Morgan fingerprint density at radius 1 is 0.471 bits per heavy atom. The highest BCUT2D eigenvalue weighted by Crippen LogP contribution is 2.22. The zero-order valence-electron chi connectivity index (χ0n) is 28.1. The Morgan fingerprint density at radius 2 is 0.804 bits per heavy atom. The average molecular weight is 709 g/mol. The quantitative estimate of drug-likeness (QED) is 0.116. The second kappa shape index (κ2) is 17.0. The smallest absolute Gasteiger partial charge is 0.357 e. The van der Waals surface area contributed by atoms with Crippen molar-refractivity contribution >= 4 is 41.8 Å². The third kappa shape index (κ3) is 11.2. The minimum absolute atomic E-state index is 0.0278. The fourth-order valence-corrected chi connectivity index (χ4v) is 4.10. The summed E-state index contributed by atoms with van der Waals surface area (Å²) in [6.07, 6.45) is 0. The van der Waals surface area contributed by atoms with Crippen molar-refractivity contribution in [3.63, 3.8) is 0 Å². The van der Waals surface area contributed by atoms with Gasteiger partial charge in [-0.2, -0.15) is 11.8 Å². The third-order valence-electron chi connectivity index (χ3n) is 7.01. The summed E-state index contributed by atoms with van der Waals surface area (Å²) < 4.78 is 21.4. The van der Waals surface area contributed by atoms with Gasteiger partial charge in [-0.1, -0.05) is 27.7 Å². The molecule has 0 heterocycles. The van der Waals surface area contributed by atoms with Crippen molar-refractivity contribution in [1.29, 1.82) is 0 Å². The molecule has 16 nitrogen and oxygen atoms in total. The summed E-state index contributed by atoms with van der Waals surface area (Å²) in [5, 5.41) is 8.99. The van der Waals surface area contributed by atoms with Crippen LogP contribution in [0.5, 0.6) is 0 Å². The van der Waals surface area contributed by atoms with Crippen LogP contribution in [0, 0.1) is 10.8 Å². The first-order chi connectivity index (χ1) is 24.0. The van der Waals surface area contributed by atoms with E-state index in [1.54, 1.807) is 27.7 Å². The Hall–Kier alpha value is -6.13. The topological polar surface area (TPSA) is 247 Å². The van der Waals surface area contributed by atoms with Crippen LogP contribution in [0.1, 0.15) is 100 Å². The lowest BCUT2D eigenvalue weighted by molar-refractivity contribution is 0.00476.